The monoisotopic (exact) mass is 349 g/mol. The van der Waals surface area contributed by atoms with E-state index >= 15 is 0 Å². The van der Waals surface area contributed by atoms with Crippen LogP contribution in [0.3, 0.4) is 0 Å². The second kappa shape index (κ2) is 7.41. The van der Waals surface area contributed by atoms with Gasteiger partial charge in [0.1, 0.15) is 5.82 Å². The lowest BCUT2D eigenvalue weighted by atomic mass is 10.2. The summed E-state index contributed by atoms with van der Waals surface area (Å²) >= 11 is 3.43. The van der Waals surface area contributed by atoms with Gasteiger partial charge in [0.05, 0.1) is 18.4 Å². The molecule has 1 heterocycles. The number of nitrogens with zero attached hydrogens (tertiary/aromatic N) is 2. The minimum Gasteiger partial charge on any atom is -0.341 e. The van der Waals surface area contributed by atoms with E-state index in [0.29, 0.717) is 13.0 Å². The SMILES string of the molecule is CCCN(Cc1ncc(-c2ccc(Br)cc2)[nH]1)C(=O)CC. The molecule has 0 spiro atoms. The lowest BCUT2D eigenvalue weighted by Crippen LogP contribution is -2.31. The molecular weight excluding hydrogens is 330 g/mol. The number of hydrogen-bond donors (Lipinski definition) is 1. The fourth-order valence-corrected chi connectivity index (χ4v) is 2.45. The molecular formula is C16H20BrN3O. The lowest BCUT2D eigenvalue weighted by Gasteiger charge is -2.20. The van der Waals surface area contributed by atoms with Crippen LogP contribution in [0.5, 0.6) is 0 Å². The van der Waals surface area contributed by atoms with E-state index in [9.17, 15) is 4.79 Å². The molecule has 0 radical (unpaired) electrons. The van der Waals surface area contributed by atoms with Gasteiger partial charge in [0.2, 0.25) is 5.91 Å². The molecule has 0 fully saturated rings. The zero-order valence-corrected chi connectivity index (χ0v) is 14.0. The van der Waals surface area contributed by atoms with Gasteiger partial charge in [-0.05, 0) is 24.1 Å². The number of benzene rings is 1. The Hall–Kier alpha value is -1.62. The van der Waals surface area contributed by atoms with E-state index in [1.54, 1.807) is 0 Å². The number of imidazole rings is 1. The maximum Gasteiger partial charge on any atom is 0.222 e. The first-order chi connectivity index (χ1) is 10.1. The van der Waals surface area contributed by atoms with Crippen LogP contribution in [-0.4, -0.2) is 27.3 Å². The summed E-state index contributed by atoms with van der Waals surface area (Å²) < 4.78 is 1.05. The largest absolute Gasteiger partial charge is 0.341 e. The van der Waals surface area contributed by atoms with Crippen LogP contribution in [0.15, 0.2) is 34.9 Å². The van der Waals surface area contributed by atoms with Crippen molar-refractivity contribution in [3.05, 3.63) is 40.8 Å². The summed E-state index contributed by atoms with van der Waals surface area (Å²) in [4.78, 5) is 21.4. The molecule has 2 rings (SSSR count). The van der Waals surface area contributed by atoms with Crippen LogP contribution in [-0.2, 0) is 11.3 Å². The molecule has 1 amide bonds. The smallest absolute Gasteiger partial charge is 0.222 e. The summed E-state index contributed by atoms with van der Waals surface area (Å²) in [6.07, 6.45) is 3.30. The number of amides is 1. The Labute approximate surface area is 133 Å². The van der Waals surface area contributed by atoms with Crippen LogP contribution in [0.25, 0.3) is 11.3 Å². The number of rotatable bonds is 6. The Morgan fingerprint density at radius 1 is 1.29 bits per heavy atom. The fraction of sp³-hybridized carbons (Fsp3) is 0.375. The molecule has 0 saturated heterocycles. The molecule has 5 heteroatoms. The summed E-state index contributed by atoms with van der Waals surface area (Å²) in [7, 11) is 0. The molecule has 1 aromatic heterocycles. The first-order valence-electron chi connectivity index (χ1n) is 7.21. The highest BCUT2D eigenvalue weighted by atomic mass is 79.9. The van der Waals surface area contributed by atoms with Crippen molar-refractivity contribution in [1.29, 1.82) is 0 Å². The van der Waals surface area contributed by atoms with E-state index in [1.165, 1.54) is 0 Å². The van der Waals surface area contributed by atoms with Gasteiger partial charge in [-0.1, -0.05) is 41.9 Å². The Balaban J connectivity index is 2.11. The Morgan fingerprint density at radius 3 is 2.62 bits per heavy atom. The first-order valence-corrected chi connectivity index (χ1v) is 8.01. The third-order valence-corrected chi connectivity index (χ3v) is 3.80. The van der Waals surface area contributed by atoms with Crippen LogP contribution in [0.2, 0.25) is 0 Å². The third kappa shape index (κ3) is 4.17. The van der Waals surface area contributed by atoms with Crippen molar-refractivity contribution < 1.29 is 4.79 Å². The van der Waals surface area contributed by atoms with Crippen molar-refractivity contribution in [1.82, 2.24) is 14.9 Å². The van der Waals surface area contributed by atoms with E-state index in [1.807, 2.05) is 42.3 Å². The standard InChI is InChI=1S/C16H20BrN3O/c1-3-9-20(16(21)4-2)11-15-18-10-14(19-15)12-5-7-13(17)8-6-12/h5-8,10H,3-4,9,11H2,1-2H3,(H,18,19). The van der Waals surface area contributed by atoms with Gasteiger partial charge in [-0.15, -0.1) is 0 Å². The van der Waals surface area contributed by atoms with Crippen molar-refractivity contribution >= 4 is 21.8 Å². The number of aromatic nitrogens is 2. The van der Waals surface area contributed by atoms with Crippen LogP contribution in [0.1, 0.15) is 32.5 Å². The number of H-pyrrole nitrogens is 1. The van der Waals surface area contributed by atoms with Gasteiger partial charge in [0.25, 0.3) is 0 Å². The van der Waals surface area contributed by atoms with Gasteiger partial charge in [0.15, 0.2) is 0 Å². The molecule has 21 heavy (non-hydrogen) atoms. The molecule has 4 nitrogen and oxygen atoms in total. The Morgan fingerprint density at radius 2 is 2.00 bits per heavy atom. The van der Waals surface area contributed by atoms with Crippen LogP contribution >= 0.6 is 15.9 Å². The maximum atomic E-state index is 11.9. The summed E-state index contributed by atoms with van der Waals surface area (Å²) in [5.74, 6) is 0.988. The van der Waals surface area contributed by atoms with Crippen molar-refractivity contribution in [2.24, 2.45) is 0 Å². The van der Waals surface area contributed by atoms with E-state index in [0.717, 1.165) is 34.5 Å². The van der Waals surface area contributed by atoms with Gasteiger partial charge in [-0.25, -0.2) is 4.98 Å². The normalized spacial score (nSPS) is 10.6. The van der Waals surface area contributed by atoms with Crippen LogP contribution in [0, 0.1) is 0 Å². The summed E-state index contributed by atoms with van der Waals surface area (Å²) in [6.45, 7) is 5.27. The van der Waals surface area contributed by atoms with Gasteiger partial charge < -0.3 is 9.88 Å². The number of halogens is 1. The molecule has 112 valence electrons. The highest BCUT2D eigenvalue weighted by molar-refractivity contribution is 9.10. The molecule has 0 aliphatic carbocycles. The number of hydrogen-bond acceptors (Lipinski definition) is 2. The predicted molar refractivity (Wildman–Crippen MR) is 87.7 cm³/mol. The van der Waals surface area contributed by atoms with Gasteiger partial charge >= 0.3 is 0 Å². The number of aromatic amines is 1. The summed E-state index contributed by atoms with van der Waals surface area (Å²) in [5.41, 5.74) is 2.05. The first kappa shape index (κ1) is 15.8. The minimum atomic E-state index is 0.165. The van der Waals surface area contributed by atoms with Gasteiger partial charge in [0, 0.05) is 17.4 Å². The molecule has 0 unspecified atom stereocenters. The molecule has 1 N–H and O–H groups in total. The average molecular weight is 350 g/mol. The third-order valence-electron chi connectivity index (χ3n) is 3.27. The second-order valence-corrected chi connectivity index (χ2v) is 5.83. The number of carbonyl (C=O) groups is 1. The quantitative estimate of drug-likeness (QED) is 0.856. The van der Waals surface area contributed by atoms with Gasteiger partial charge in [-0.2, -0.15) is 0 Å². The topological polar surface area (TPSA) is 49.0 Å². The molecule has 1 aromatic carbocycles. The Kier molecular flexibility index (Phi) is 5.56. The summed E-state index contributed by atoms with van der Waals surface area (Å²) in [5, 5.41) is 0. The highest BCUT2D eigenvalue weighted by Crippen LogP contribution is 2.20. The van der Waals surface area contributed by atoms with E-state index in [-0.39, 0.29) is 5.91 Å². The van der Waals surface area contributed by atoms with Crippen LogP contribution in [0.4, 0.5) is 0 Å². The molecule has 0 saturated carbocycles. The zero-order chi connectivity index (χ0) is 15.2. The predicted octanol–water partition coefficient (Wildman–Crippen LogP) is 3.99. The molecule has 0 aliphatic rings. The minimum absolute atomic E-state index is 0.165. The van der Waals surface area contributed by atoms with Crippen molar-refractivity contribution in [3.8, 4) is 11.3 Å². The Bertz CT molecular complexity index is 592. The lowest BCUT2D eigenvalue weighted by molar-refractivity contribution is -0.131. The van der Waals surface area contributed by atoms with E-state index in [2.05, 4.69) is 32.8 Å². The molecule has 0 aliphatic heterocycles. The molecule has 2 aromatic rings. The van der Waals surface area contributed by atoms with Crippen molar-refractivity contribution in [3.63, 3.8) is 0 Å². The average Bonchev–Trinajstić information content (AvgIpc) is 2.95. The summed E-state index contributed by atoms with van der Waals surface area (Å²) in [6, 6.07) is 8.06. The van der Waals surface area contributed by atoms with Gasteiger partial charge in [-0.3, -0.25) is 4.79 Å². The van der Waals surface area contributed by atoms with Crippen molar-refractivity contribution in [2.75, 3.05) is 6.54 Å². The number of carbonyl (C=O) groups excluding carboxylic acids is 1. The van der Waals surface area contributed by atoms with E-state index in [4.69, 9.17) is 0 Å². The van der Waals surface area contributed by atoms with Crippen molar-refractivity contribution in [2.45, 2.75) is 33.2 Å². The van der Waals surface area contributed by atoms with E-state index < -0.39 is 0 Å². The van der Waals surface area contributed by atoms with Crippen LogP contribution < -0.4 is 0 Å². The second-order valence-electron chi connectivity index (χ2n) is 4.92. The maximum absolute atomic E-state index is 11.9. The fourth-order valence-electron chi connectivity index (χ4n) is 2.19. The number of nitrogens with one attached hydrogen (secondary N) is 1. The molecule has 0 atom stereocenters. The highest BCUT2D eigenvalue weighted by Gasteiger charge is 2.13. The molecule has 0 bridgehead atoms. The zero-order valence-electron chi connectivity index (χ0n) is 12.4.